The summed E-state index contributed by atoms with van der Waals surface area (Å²) in [4.78, 5) is 35.6. The molecule has 0 amide bonds. The fourth-order valence-electron chi connectivity index (χ4n) is 5.54. The molecule has 0 unspecified atom stereocenters. The van der Waals surface area contributed by atoms with Crippen molar-refractivity contribution < 1.29 is 32.6 Å². The van der Waals surface area contributed by atoms with Crippen molar-refractivity contribution in [3.05, 3.63) is 63.0 Å². The zero-order valence-electron chi connectivity index (χ0n) is 24.2. The lowest BCUT2D eigenvalue weighted by Gasteiger charge is -2.31. The third-order valence-electron chi connectivity index (χ3n) is 8.05. The number of esters is 1. The highest BCUT2D eigenvalue weighted by atomic mass is 32.1. The fraction of sp³-hybridized carbons (Fsp3) is 0.483. The quantitative estimate of drug-likeness (QED) is 0.384. The molecule has 0 radical (unpaired) electrons. The molecule has 0 aliphatic carbocycles. The number of carboxylic acid groups (broad SMARTS) is 1. The summed E-state index contributed by atoms with van der Waals surface area (Å²) in [6.07, 6.45) is 3.16. The summed E-state index contributed by atoms with van der Waals surface area (Å²) < 4.78 is 51.2. The molecule has 3 atom stereocenters. The van der Waals surface area contributed by atoms with E-state index < -0.39 is 53.8 Å². The summed E-state index contributed by atoms with van der Waals surface area (Å²) in [5.74, 6) is -5.04. The van der Waals surface area contributed by atoms with E-state index in [9.17, 15) is 19.1 Å². The number of likely N-dealkylation sites (tertiary alicyclic amines) is 1. The molecule has 230 valence electrons. The minimum absolute atomic E-state index is 0.0389. The van der Waals surface area contributed by atoms with E-state index in [1.165, 1.54) is 39.6 Å². The first-order chi connectivity index (χ1) is 20.3. The Morgan fingerprint density at radius 1 is 1.30 bits per heavy atom. The van der Waals surface area contributed by atoms with Crippen LogP contribution in [-0.2, 0) is 14.3 Å². The van der Waals surface area contributed by atoms with Gasteiger partial charge in [-0.05, 0) is 51.3 Å². The van der Waals surface area contributed by atoms with Crippen molar-refractivity contribution in [1.82, 2.24) is 20.2 Å². The number of amidine groups is 1. The Balaban J connectivity index is 1.51. The Hall–Kier alpha value is -3.78. The largest absolute Gasteiger partial charge is 0.481 e. The molecule has 4 heterocycles. The number of ether oxygens (including phenoxy) is 1. The number of aliphatic imine (C=N–C) groups is 1. The first-order valence-electron chi connectivity index (χ1n) is 13.9. The summed E-state index contributed by atoms with van der Waals surface area (Å²) >= 11 is 1.30. The van der Waals surface area contributed by atoms with Gasteiger partial charge in [0.2, 0.25) is 0 Å². The number of nitrogens with zero attached hydrogens (tertiary/aromatic N) is 5. The van der Waals surface area contributed by atoms with Gasteiger partial charge in [-0.2, -0.15) is 5.10 Å². The number of hydrogen-bond acceptors (Lipinski definition) is 10. The van der Waals surface area contributed by atoms with Crippen LogP contribution in [0, 0.1) is 18.2 Å². The fourth-order valence-corrected chi connectivity index (χ4v) is 6.13. The number of hydrogen-bond donors (Lipinski definition) is 2. The molecule has 1 aromatic heterocycles. The van der Waals surface area contributed by atoms with Crippen LogP contribution in [0.5, 0.6) is 0 Å². The van der Waals surface area contributed by atoms with Gasteiger partial charge in [0.05, 0.1) is 30.2 Å². The number of rotatable bonds is 10. The number of nitrogens with one attached hydrogen (secondary N) is 1. The third kappa shape index (κ3) is 5.90. The molecule has 1 saturated heterocycles. The average molecular weight is 619 g/mol. The molecule has 3 aliphatic heterocycles. The van der Waals surface area contributed by atoms with Gasteiger partial charge in [0, 0.05) is 36.6 Å². The standard InChI is InChI=1S/C29H33F3N6O4S/c1-5-42-26(39)21-19(35-24(25-33-10-12-43-25)36-22(21)17-7-6-8-18(30)16(17)2)14-37-15-29(31,32)23-20(37)13-34-38(23)11-9-28(3,4)27(40)41/h6-8,10,12-13,20,22-23H,5,9,11,14-15H2,1-4H3,(H,35,36)(H,40,41)/t20-,22+,23+/m1/s1. The monoisotopic (exact) mass is 618 g/mol. The van der Waals surface area contributed by atoms with Crippen LogP contribution in [0.15, 0.2) is 51.1 Å². The van der Waals surface area contributed by atoms with Gasteiger partial charge in [-0.25, -0.2) is 22.9 Å². The number of benzene rings is 1. The first kappa shape index (κ1) is 30.7. The van der Waals surface area contributed by atoms with E-state index in [2.05, 4.69) is 15.4 Å². The van der Waals surface area contributed by atoms with Crippen LogP contribution < -0.4 is 5.32 Å². The number of hydrazone groups is 1. The van der Waals surface area contributed by atoms with Crippen molar-refractivity contribution in [1.29, 1.82) is 0 Å². The lowest BCUT2D eigenvalue weighted by Crippen LogP contribution is -2.47. The molecule has 3 aliphatic rings. The van der Waals surface area contributed by atoms with E-state index in [4.69, 9.17) is 9.73 Å². The molecule has 10 nitrogen and oxygen atoms in total. The summed E-state index contributed by atoms with van der Waals surface area (Å²) in [6.45, 7) is 5.70. The molecular formula is C29H33F3N6O4S. The first-order valence-corrected chi connectivity index (χ1v) is 14.8. The van der Waals surface area contributed by atoms with E-state index in [-0.39, 0.29) is 31.7 Å². The molecular weight excluding hydrogens is 585 g/mol. The van der Waals surface area contributed by atoms with Gasteiger partial charge in [0.25, 0.3) is 5.92 Å². The number of alkyl halides is 2. The number of aromatic nitrogens is 1. The van der Waals surface area contributed by atoms with Crippen LogP contribution in [0.3, 0.4) is 0 Å². The van der Waals surface area contributed by atoms with Gasteiger partial charge in [-0.15, -0.1) is 11.3 Å². The maximum Gasteiger partial charge on any atom is 0.338 e. The second-order valence-electron chi connectivity index (χ2n) is 11.4. The van der Waals surface area contributed by atoms with Crippen LogP contribution in [0.2, 0.25) is 0 Å². The Morgan fingerprint density at radius 3 is 2.74 bits per heavy atom. The third-order valence-corrected chi connectivity index (χ3v) is 8.83. The molecule has 2 aromatic rings. The zero-order chi connectivity index (χ0) is 31.1. The molecule has 5 rings (SSSR count). The van der Waals surface area contributed by atoms with Crippen molar-refractivity contribution in [2.75, 3.05) is 26.2 Å². The highest BCUT2D eigenvalue weighted by Crippen LogP contribution is 2.41. The molecule has 0 spiro atoms. The number of halogens is 3. The number of carboxylic acids is 1. The van der Waals surface area contributed by atoms with Crippen LogP contribution in [-0.4, -0.2) is 88.2 Å². The highest BCUT2D eigenvalue weighted by Gasteiger charge is 2.59. The van der Waals surface area contributed by atoms with Crippen LogP contribution in [0.25, 0.3) is 0 Å². The van der Waals surface area contributed by atoms with Crippen molar-refractivity contribution in [3.63, 3.8) is 0 Å². The minimum Gasteiger partial charge on any atom is -0.481 e. The molecule has 43 heavy (non-hydrogen) atoms. The number of aliphatic carboxylic acids is 1. The van der Waals surface area contributed by atoms with Gasteiger partial charge in [0.1, 0.15) is 17.9 Å². The Labute approximate surface area is 250 Å². The number of fused-ring (bicyclic) bond motifs is 1. The second-order valence-corrected chi connectivity index (χ2v) is 12.3. The summed E-state index contributed by atoms with van der Waals surface area (Å²) in [5.41, 5.74) is 0.0198. The van der Waals surface area contributed by atoms with Crippen molar-refractivity contribution >= 4 is 35.3 Å². The smallest absolute Gasteiger partial charge is 0.338 e. The van der Waals surface area contributed by atoms with Crippen LogP contribution >= 0.6 is 11.3 Å². The summed E-state index contributed by atoms with van der Waals surface area (Å²) in [6, 6.07) is 1.43. The van der Waals surface area contributed by atoms with Gasteiger partial charge in [-0.1, -0.05) is 12.1 Å². The number of thiazole rings is 1. The van der Waals surface area contributed by atoms with Crippen molar-refractivity contribution in [2.24, 2.45) is 15.5 Å². The van der Waals surface area contributed by atoms with Crippen LogP contribution in [0.1, 0.15) is 49.4 Å². The Morgan fingerprint density at radius 2 is 2.07 bits per heavy atom. The minimum atomic E-state index is -3.18. The molecule has 0 bridgehead atoms. The van der Waals surface area contributed by atoms with Gasteiger partial charge in [-0.3, -0.25) is 19.7 Å². The maximum absolute atomic E-state index is 15.6. The van der Waals surface area contributed by atoms with Gasteiger partial charge >= 0.3 is 11.9 Å². The Bertz CT molecular complexity index is 1490. The Kier molecular flexibility index (Phi) is 8.36. The normalized spacial score (nSPS) is 23.3. The topological polar surface area (TPSA) is 120 Å². The van der Waals surface area contributed by atoms with E-state index in [0.717, 1.165) is 0 Å². The lowest BCUT2D eigenvalue weighted by atomic mass is 9.89. The van der Waals surface area contributed by atoms with E-state index >= 15 is 8.78 Å². The van der Waals surface area contributed by atoms with Crippen LogP contribution in [0.4, 0.5) is 13.2 Å². The number of carbonyl (C=O) groups excluding carboxylic acids is 1. The van der Waals surface area contributed by atoms with E-state index in [1.807, 2.05) is 0 Å². The maximum atomic E-state index is 15.6. The molecule has 1 aromatic carbocycles. The summed E-state index contributed by atoms with van der Waals surface area (Å²) in [5, 5.41) is 20.4. The van der Waals surface area contributed by atoms with E-state index in [0.29, 0.717) is 27.7 Å². The van der Waals surface area contributed by atoms with Crippen molar-refractivity contribution in [2.45, 2.75) is 58.2 Å². The SMILES string of the molecule is CCOC(=O)C1=C(CN2CC(F)(F)[C@@H]3[C@H]2C=NN3CCC(C)(C)C(=O)O)NC(c2nccs2)=N[C@H]1c1cccc(F)c1C. The van der Waals surface area contributed by atoms with Gasteiger partial charge in [0.15, 0.2) is 10.8 Å². The van der Waals surface area contributed by atoms with Crippen molar-refractivity contribution in [3.8, 4) is 0 Å². The highest BCUT2D eigenvalue weighted by molar-refractivity contribution is 7.11. The average Bonchev–Trinajstić information content (AvgIpc) is 3.68. The second kappa shape index (κ2) is 11.7. The lowest BCUT2D eigenvalue weighted by molar-refractivity contribution is -0.147. The molecule has 1 fully saturated rings. The zero-order valence-corrected chi connectivity index (χ0v) is 25.0. The summed E-state index contributed by atoms with van der Waals surface area (Å²) in [7, 11) is 0. The van der Waals surface area contributed by atoms with Gasteiger partial charge < -0.3 is 15.2 Å². The predicted octanol–water partition coefficient (Wildman–Crippen LogP) is 3.99. The molecule has 2 N–H and O–H groups in total. The molecule has 14 heteroatoms. The van der Waals surface area contributed by atoms with E-state index in [1.54, 1.807) is 45.3 Å². The molecule has 0 saturated carbocycles. The number of carbonyl (C=O) groups is 2. The predicted molar refractivity (Wildman–Crippen MR) is 155 cm³/mol.